The van der Waals surface area contributed by atoms with Crippen LogP contribution in [0.1, 0.15) is 16.5 Å². The Morgan fingerprint density at radius 1 is 1.28 bits per heavy atom. The van der Waals surface area contributed by atoms with Crippen LogP contribution in [0.2, 0.25) is 0 Å². The van der Waals surface area contributed by atoms with Gasteiger partial charge in [0.05, 0.1) is 18.7 Å². The Kier molecular flexibility index (Phi) is 2.34. The lowest BCUT2D eigenvalue weighted by Gasteiger charge is -2.28. The molecule has 0 unspecified atom stereocenters. The van der Waals surface area contributed by atoms with E-state index in [0.29, 0.717) is 26.4 Å². The molecule has 0 amide bonds. The Morgan fingerprint density at radius 3 is 2.56 bits per heavy atom. The van der Waals surface area contributed by atoms with Gasteiger partial charge in [0.1, 0.15) is 11.5 Å². The molecule has 5 heteroatoms. The number of nitrogens with one attached hydrogen (secondary N) is 1. The van der Waals surface area contributed by atoms with Crippen molar-refractivity contribution in [3.8, 4) is 11.5 Å². The van der Waals surface area contributed by atoms with Crippen molar-refractivity contribution in [1.82, 2.24) is 10.2 Å². The first-order valence-corrected chi connectivity index (χ1v) is 5.98. The lowest BCUT2D eigenvalue weighted by molar-refractivity contribution is 0.229. The van der Waals surface area contributed by atoms with E-state index in [1.54, 1.807) is 11.4 Å². The molecule has 2 rings (SSSR count). The van der Waals surface area contributed by atoms with Gasteiger partial charge in [-0.15, -0.1) is 0 Å². The highest BCUT2D eigenvalue weighted by molar-refractivity contribution is 9.10. The predicted octanol–water partition coefficient (Wildman–Crippen LogP) is 1.87. The summed E-state index contributed by atoms with van der Waals surface area (Å²) in [7, 11) is 2.81. The predicted molar refractivity (Wildman–Crippen MR) is 75.4 cm³/mol. The number of methoxy groups -OCH3 is 2. The van der Waals surface area contributed by atoms with Crippen molar-refractivity contribution >= 4 is 15.9 Å². The zero-order chi connectivity index (χ0) is 20.1. The fraction of sp³-hybridized carbons (Fsp3) is 0.538. The summed E-state index contributed by atoms with van der Waals surface area (Å²) in [6.45, 7) is -11.8. The number of ether oxygens (including phenoxy) is 2. The van der Waals surface area contributed by atoms with E-state index in [1.807, 2.05) is 0 Å². The van der Waals surface area contributed by atoms with E-state index in [4.69, 9.17) is 20.4 Å². The number of benzene rings is 1. The van der Waals surface area contributed by atoms with Gasteiger partial charge in [0, 0.05) is 49.1 Å². The maximum atomic E-state index is 8.10. The quantitative estimate of drug-likeness (QED) is 0.917. The van der Waals surface area contributed by atoms with Gasteiger partial charge in [0.25, 0.3) is 0 Å². The average molecular weight is 323 g/mol. The standard InChI is InChI=1S/C13H19BrN2O2/c1-17-12-8-11(14)13(18-2)7-10(12)9-16-5-3-15-4-6-16/h7-8,15H,3-6,9H2,1-2H3/i3D2,4D2,5D2,6D2. The summed E-state index contributed by atoms with van der Waals surface area (Å²) in [6, 6.07) is 3.06. The van der Waals surface area contributed by atoms with Gasteiger partial charge in [-0.1, -0.05) is 0 Å². The fourth-order valence-electron chi connectivity index (χ4n) is 1.55. The van der Waals surface area contributed by atoms with Crippen LogP contribution < -0.4 is 14.8 Å². The highest BCUT2D eigenvalue weighted by atomic mass is 79.9. The van der Waals surface area contributed by atoms with Crippen LogP contribution in [-0.2, 0) is 6.54 Å². The van der Waals surface area contributed by atoms with Crippen LogP contribution in [0.3, 0.4) is 0 Å². The molecule has 0 aliphatic carbocycles. The van der Waals surface area contributed by atoms with Crippen LogP contribution in [-0.4, -0.2) is 45.1 Å². The molecule has 4 nitrogen and oxygen atoms in total. The number of piperazine rings is 1. The summed E-state index contributed by atoms with van der Waals surface area (Å²) in [5.74, 6) is 0.687. The van der Waals surface area contributed by atoms with E-state index in [1.165, 1.54) is 20.3 Å². The highest BCUT2D eigenvalue weighted by Gasteiger charge is 2.15. The summed E-state index contributed by atoms with van der Waals surface area (Å²) in [4.78, 5) is 0.516. The van der Waals surface area contributed by atoms with Crippen LogP contribution in [0.4, 0.5) is 0 Å². The van der Waals surface area contributed by atoms with E-state index >= 15 is 0 Å². The fourth-order valence-corrected chi connectivity index (χ4v) is 2.03. The first-order chi connectivity index (χ1) is 11.7. The van der Waals surface area contributed by atoms with Crippen molar-refractivity contribution in [2.45, 2.75) is 6.54 Å². The summed E-state index contributed by atoms with van der Waals surface area (Å²) < 4.78 is 74.8. The van der Waals surface area contributed by atoms with E-state index in [0.717, 1.165) is 0 Å². The van der Waals surface area contributed by atoms with Crippen LogP contribution in [0.15, 0.2) is 16.6 Å². The lowest BCUT2D eigenvalue weighted by Crippen LogP contribution is -2.42. The summed E-state index contributed by atoms with van der Waals surface area (Å²) in [5, 5.41) is 1.80. The molecule has 0 radical (unpaired) electrons. The molecule has 0 spiro atoms. The van der Waals surface area contributed by atoms with Crippen LogP contribution in [0.25, 0.3) is 0 Å². The van der Waals surface area contributed by atoms with Gasteiger partial charge >= 0.3 is 0 Å². The van der Waals surface area contributed by atoms with Gasteiger partial charge in [0.2, 0.25) is 0 Å². The SMILES string of the molecule is [2H]C1([2H])NC([2H])([2H])C([2H])([2H])N(Cc2cc(OC)c(Br)cc2OC)C1([2H])[2H]. The van der Waals surface area contributed by atoms with E-state index < -0.39 is 32.5 Å². The number of rotatable bonds is 4. The second-order valence-electron chi connectivity index (χ2n) is 3.48. The maximum Gasteiger partial charge on any atom is 0.133 e. The van der Waals surface area contributed by atoms with E-state index in [9.17, 15) is 0 Å². The summed E-state index contributed by atoms with van der Waals surface area (Å²) >= 11 is 3.29. The highest BCUT2D eigenvalue weighted by Crippen LogP contribution is 2.33. The molecular formula is C13H19BrN2O2. The third kappa shape index (κ3) is 3.16. The van der Waals surface area contributed by atoms with Crippen molar-refractivity contribution < 1.29 is 20.4 Å². The minimum atomic E-state index is -2.85. The molecule has 1 fully saturated rings. The van der Waals surface area contributed by atoms with Crippen molar-refractivity contribution in [1.29, 1.82) is 0 Å². The molecule has 1 N–H and O–H groups in total. The Labute approximate surface area is 128 Å². The van der Waals surface area contributed by atoms with Gasteiger partial charge in [-0.25, -0.2) is 0 Å². The van der Waals surface area contributed by atoms with Crippen molar-refractivity contribution in [3.63, 3.8) is 0 Å². The molecule has 1 aromatic carbocycles. The number of nitrogens with zero attached hydrogens (tertiary/aromatic N) is 1. The zero-order valence-corrected chi connectivity index (χ0v) is 11.6. The number of halogens is 1. The second-order valence-corrected chi connectivity index (χ2v) is 4.34. The average Bonchev–Trinajstić information content (AvgIpc) is 2.50. The van der Waals surface area contributed by atoms with Gasteiger partial charge in [0.15, 0.2) is 0 Å². The molecule has 1 aromatic rings. The Morgan fingerprint density at radius 2 is 1.94 bits per heavy atom. The van der Waals surface area contributed by atoms with E-state index in [-0.39, 0.29) is 0 Å². The van der Waals surface area contributed by atoms with Crippen molar-refractivity contribution in [2.75, 3.05) is 40.2 Å². The first-order valence-electron chi connectivity index (χ1n) is 9.19. The molecule has 100 valence electrons. The number of hydrogen-bond donors (Lipinski definition) is 1. The summed E-state index contributed by atoms with van der Waals surface area (Å²) in [6.07, 6.45) is 0. The Bertz CT molecular complexity index is 675. The van der Waals surface area contributed by atoms with Crippen molar-refractivity contribution in [2.24, 2.45) is 0 Å². The van der Waals surface area contributed by atoms with Gasteiger partial charge in [-0.05, 0) is 28.1 Å². The molecule has 0 saturated carbocycles. The molecule has 0 atom stereocenters. The lowest BCUT2D eigenvalue weighted by atomic mass is 10.1. The van der Waals surface area contributed by atoms with Crippen LogP contribution in [0, 0.1) is 0 Å². The maximum absolute atomic E-state index is 8.10. The smallest absolute Gasteiger partial charge is 0.133 e. The van der Waals surface area contributed by atoms with Gasteiger partial charge in [-0.3, -0.25) is 4.90 Å². The van der Waals surface area contributed by atoms with Crippen LogP contribution >= 0.6 is 15.9 Å². The van der Waals surface area contributed by atoms with Gasteiger partial charge in [-0.2, -0.15) is 0 Å². The Hall–Kier alpha value is -0.780. The van der Waals surface area contributed by atoms with Gasteiger partial charge < -0.3 is 14.8 Å². The molecule has 0 aromatic heterocycles. The minimum Gasteiger partial charge on any atom is -0.496 e. The zero-order valence-electron chi connectivity index (χ0n) is 18.0. The molecule has 0 bridgehead atoms. The molecule has 18 heavy (non-hydrogen) atoms. The topological polar surface area (TPSA) is 33.7 Å². The Balaban J connectivity index is 2.58. The summed E-state index contributed by atoms with van der Waals surface area (Å²) in [5.41, 5.74) is 0.314. The number of hydrogen-bond acceptors (Lipinski definition) is 4. The third-order valence-electron chi connectivity index (χ3n) is 2.39. The third-order valence-corrected chi connectivity index (χ3v) is 3.01. The van der Waals surface area contributed by atoms with Crippen molar-refractivity contribution in [3.05, 3.63) is 22.2 Å². The molecular weight excluding hydrogens is 296 g/mol. The molecule has 1 saturated heterocycles. The monoisotopic (exact) mass is 322 g/mol. The van der Waals surface area contributed by atoms with E-state index in [2.05, 4.69) is 15.9 Å². The van der Waals surface area contributed by atoms with Crippen LogP contribution in [0.5, 0.6) is 11.5 Å². The molecule has 1 aliphatic heterocycles. The second kappa shape index (κ2) is 6.41. The molecule has 1 heterocycles. The minimum absolute atomic E-state index is 0.295. The molecule has 1 aliphatic rings. The first kappa shape index (κ1) is 6.59. The largest absolute Gasteiger partial charge is 0.496 e. The normalized spacial score (nSPS) is 34.4.